The number of carbonyl (C=O) groups excluding carboxylic acids is 3. The second-order valence-electron chi connectivity index (χ2n) is 9.63. The SMILES string of the molecule is CNC(=O)[C@@H]1[C@H]2C(=O)N(CCCCCO)C(C(=O)Nc3ccc(Cl)cc3)C23CC(C)[C@@]1(C)O3. The Morgan fingerprint density at radius 3 is 2.55 bits per heavy atom. The molecule has 3 N–H and O–H groups in total. The van der Waals surface area contributed by atoms with Crippen LogP contribution in [0.15, 0.2) is 24.3 Å². The van der Waals surface area contributed by atoms with Crippen LogP contribution < -0.4 is 10.6 Å². The van der Waals surface area contributed by atoms with Crippen molar-refractivity contribution in [2.75, 3.05) is 25.5 Å². The van der Waals surface area contributed by atoms with Gasteiger partial charge in [0, 0.05) is 30.9 Å². The van der Waals surface area contributed by atoms with E-state index in [0.717, 1.165) is 6.42 Å². The lowest BCUT2D eigenvalue weighted by Gasteiger charge is -2.36. The van der Waals surface area contributed by atoms with Crippen LogP contribution in [0.4, 0.5) is 5.69 Å². The number of hydrogen-bond acceptors (Lipinski definition) is 5. The van der Waals surface area contributed by atoms with Crippen LogP contribution in [0.2, 0.25) is 5.02 Å². The predicted octanol–water partition coefficient (Wildman–Crippen LogP) is 2.20. The first-order valence-electron chi connectivity index (χ1n) is 11.6. The van der Waals surface area contributed by atoms with Gasteiger partial charge in [-0.2, -0.15) is 0 Å². The Hall–Kier alpha value is -2.16. The number of nitrogens with zero attached hydrogens (tertiary/aromatic N) is 1. The van der Waals surface area contributed by atoms with Gasteiger partial charge in [-0.15, -0.1) is 0 Å². The quantitative estimate of drug-likeness (QED) is 0.497. The Morgan fingerprint density at radius 1 is 1.21 bits per heavy atom. The summed E-state index contributed by atoms with van der Waals surface area (Å²) in [5.41, 5.74) is -1.30. The number of likely N-dealkylation sites (tertiary alicyclic amines) is 1. The zero-order chi connectivity index (χ0) is 24.0. The number of rotatable bonds is 8. The molecule has 0 saturated carbocycles. The van der Waals surface area contributed by atoms with Crippen molar-refractivity contribution in [3.8, 4) is 0 Å². The normalized spacial score (nSPS) is 34.5. The number of carbonyl (C=O) groups is 3. The van der Waals surface area contributed by atoms with Crippen LogP contribution in [0.1, 0.15) is 39.5 Å². The van der Waals surface area contributed by atoms with Gasteiger partial charge in [-0.1, -0.05) is 18.5 Å². The second kappa shape index (κ2) is 8.89. The molecule has 3 fully saturated rings. The lowest BCUT2D eigenvalue weighted by atomic mass is 9.62. The summed E-state index contributed by atoms with van der Waals surface area (Å²) < 4.78 is 6.59. The average molecular weight is 478 g/mol. The molecule has 180 valence electrons. The van der Waals surface area contributed by atoms with Gasteiger partial charge >= 0.3 is 0 Å². The zero-order valence-corrected chi connectivity index (χ0v) is 20.0. The molecule has 4 rings (SSSR count). The number of benzene rings is 1. The van der Waals surface area contributed by atoms with E-state index in [1.165, 1.54) is 0 Å². The molecule has 3 heterocycles. The molecule has 3 amide bonds. The summed E-state index contributed by atoms with van der Waals surface area (Å²) in [7, 11) is 1.56. The molecule has 0 aromatic heterocycles. The molecular formula is C24H32ClN3O5. The van der Waals surface area contributed by atoms with Crippen molar-refractivity contribution < 1.29 is 24.2 Å². The molecule has 1 aromatic carbocycles. The van der Waals surface area contributed by atoms with E-state index >= 15 is 0 Å². The summed E-state index contributed by atoms with van der Waals surface area (Å²) in [6, 6.07) is 5.95. The molecule has 2 bridgehead atoms. The van der Waals surface area contributed by atoms with E-state index in [-0.39, 0.29) is 30.2 Å². The number of aliphatic hydroxyl groups excluding tert-OH is 1. The molecular weight excluding hydrogens is 446 g/mol. The van der Waals surface area contributed by atoms with Crippen LogP contribution in [-0.2, 0) is 19.1 Å². The third-order valence-corrected chi connectivity index (χ3v) is 8.01. The number of hydrogen-bond donors (Lipinski definition) is 3. The molecule has 3 aliphatic heterocycles. The maximum atomic E-state index is 13.7. The molecule has 1 aromatic rings. The number of ether oxygens (including phenoxy) is 1. The molecule has 33 heavy (non-hydrogen) atoms. The third kappa shape index (κ3) is 3.72. The van der Waals surface area contributed by atoms with E-state index < -0.39 is 29.1 Å². The molecule has 6 atom stereocenters. The lowest BCUT2D eigenvalue weighted by molar-refractivity contribution is -0.146. The van der Waals surface area contributed by atoms with Gasteiger partial charge in [-0.05, 0) is 62.8 Å². The topological polar surface area (TPSA) is 108 Å². The van der Waals surface area contributed by atoms with Crippen LogP contribution in [-0.4, -0.2) is 65.2 Å². The zero-order valence-electron chi connectivity index (χ0n) is 19.3. The van der Waals surface area contributed by atoms with Gasteiger partial charge in [0.1, 0.15) is 11.6 Å². The monoisotopic (exact) mass is 477 g/mol. The minimum atomic E-state index is -1.06. The van der Waals surface area contributed by atoms with Crippen LogP contribution in [0, 0.1) is 17.8 Å². The number of nitrogens with one attached hydrogen (secondary N) is 2. The number of fused-ring (bicyclic) bond motifs is 1. The highest BCUT2D eigenvalue weighted by atomic mass is 35.5. The van der Waals surface area contributed by atoms with Crippen molar-refractivity contribution in [3.05, 3.63) is 29.3 Å². The number of amides is 3. The van der Waals surface area contributed by atoms with Gasteiger partial charge in [0.15, 0.2) is 0 Å². The first kappa shape index (κ1) is 24.0. The fourth-order valence-corrected chi connectivity index (χ4v) is 6.28. The molecule has 8 nitrogen and oxygen atoms in total. The van der Waals surface area contributed by atoms with E-state index in [0.29, 0.717) is 36.5 Å². The summed E-state index contributed by atoms with van der Waals surface area (Å²) in [6.07, 6.45) is 2.54. The van der Waals surface area contributed by atoms with Gasteiger partial charge in [0.05, 0.1) is 17.4 Å². The molecule has 0 aliphatic carbocycles. The second-order valence-corrected chi connectivity index (χ2v) is 10.1. The highest BCUT2D eigenvalue weighted by molar-refractivity contribution is 6.30. The van der Waals surface area contributed by atoms with Crippen molar-refractivity contribution in [2.24, 2.45) is 17.8 Å². The maximum Gasteiger partial charge on any atom is 0.250 e. The van der Waals surface area contributed by atoms with E-state index in [1.54, 1.807) is 36.2 Å². The molecule has 3 unspecified atom stereocenters. The molecule has 1 spiro atoms. The Morgan fingerprint density at radius 2 is 1.91 bits per heavy atom. The Bertz CT molecular complexity index is 941. The van der Waals surface area contributed by atoms with Gasteiger partial charge in [-0.25, -0.2) is 0 Å². The fraction of sp³-hybridized carbons (Fsp3) is 0.625. The Labute approximate surface area is 199 Å². The van der Waals surface area contributed by atoms with E-state index in [4.69, 9.17) is 21.4 Å². The first-order chi connectivity index (χ1) is 15.7. The van der Waals surface area contributed by atoms with Gasteiger partial charge in [-0.3, -0.25) is 14.4 Å². The number of aliphatic hydroxyl groups is 1. The van der Waals surface area contributed by atoms with Crippen LogP contribution in [0.3, 0.4) is 0 Å². The highest BCUT2D eigenvalue weighted by Gasteiger charge is 2.79. The fourth-order valence-electron chi connectivity index (χ4n) is 6.15. The van der Waals surface area contributed by atoms with Gasteiger partial charge in [0.25, 0.3) is 0 Å². The van der Waals surface area contributed by atoms with Crippen LogP contribution >= 0.6 is 11.6 Å². The largest absolute Gasteiger partial charge is 0.396 e. The number of unbranched alkanes of at least 4 members (excludes halogenated alkanes) is 2. The van der Waals surface area contributed by atoms with Crippen molar-refractivity contribution in [1.29, 1.82) is 0 Å². The average Bonchev–Trinajstić information content (AvgIpc) is 3.29. The van der Waals surface area contributed by atoms with Gasteiger partial charge in [0.2, 0.25) is 17.7 Å². The molecule has 9 heteroatoms. The van der Waals surface area contributed by atoms with Crippen LogP contribution in [0.25, 0.3) is 0 Å². The molecule has 3 aliphatic rings. The minimum Gasteiger partial charge on any atom is -0.396 e. The first-order valence-corrected chi connectivity index (χ1v) is 12.0. The third-order valence-electron chi connectivity index (χ3n) is 7.76. The summed E-state index contributed by atoms with van der Waals surface area (Å²) in [6.45, 7) is 4.35. The smallest absolute Gasteiger partial charge is 0.250 e. The lowest BCUT2D eigenvalue weighted by Crippen LogP contribution is -2.54. The Kier molecular flexibility index (Phi) is 6.46. The number of halogens is 1. The van der Waals surface area contributed by atoms with E-state index in [1.807, 2.05) is 13.8 Å². The summed E-state index contributed by atoms with van der Waals surface area (Å²) >= 11 is 5.97. The van der Waals surface area contributed by atoms with Crippen molar-refractivity contribution in [1.82, 2.24) is 10.2 Å². The highest BCUT2D eigenvalue weighted by Crippen LogP contribution is 2.65. The summed E-state index contributed by atoms with van der Waals surface area (Å²) in [4.78, 5) is 42.0. The standard InChI is InChI=1S/C24H32ClN3O5/c1-14-13-24-18(17(20(30)26-3)23(14,2)33-24)22(32)28(11-5-4-6-12-29)19(24)21(31)27-16-9-7-15(25)8-10-16/h7-10,14,17-19,29H,4-6,11-13H2,1-3H3,(H,26,30)(H,27,31)/t14?,17-,18-,19?,23+,24?/m0/s1. The van der Waals surface area contributed by atoms with Crippen LogP contribution in [0.5, 0.6) is 0 Å². The van der Waals surface area contributed by atoms with Crippen molar-refractivity contribution in [3.63, 3.8) is 0 Å². The minimum absolute atomic E-state index is 0.00372. The van der Waals surface area contributed by atoms with E-state index in [9.17, 15) is 14.4 Å². The summed E-state index contributed by atoms with van der Waals surface area (Å²) in [5, 5.41) is 15.3. The van der Waals surface area contributed by atoms with E-state index in [2.05, 4.69) is 10.6 Å². The van der Waals surface area contributed by atoms with Crippen molar-refractivity contribution >= 4 is 35.0 Å². The molecule has 3 saturated heterocycles. The predicted molar refractivity (Wildman–Crippen MR) is 124 cm³/mol. The summed E-state index contributed by atoms with van der Waals surface area (Å²) in [5.74, 6) is -2.14. The Balaban J connectivity index is 1.70. The van der Waals surface area contributed by atoms with Gasteiger partial charge < -0.3 is 25.4 Å². The maximum absolute atomic E-state index is 13.7. The molecule has 0 radical (unpaired) electrons. The number of anilines is 1. The van der Waals surface area contributed by atoms with Crippen molar-refractivity contribution in [2.45, 2.75) is 56.8 Å².